The second kappa shape index (κ2) is 14.9. The Kier molecular flexibility index (Phi) is 11.1. The van der Waals surface area contributed by atoms with Gasteiger partial charge in [0.05, 0.1) is 31.2 Å². The van der Waals surface area contributed by atoms with Crippen molar-refractivity contribution in [2.75, 3.05) is 69.1 Å². The highest BCUT2D eigenvalue weighted by Gasteiger charge is 2.21. The Labute approximate surface area is 243 Å². The number of hydrogen-bond acceptors (Lipinski definition) is 10. The second-order valence-corrected chi connectivity index (χ2v) is 9.32. The van der Waals surface area contributed by atoms with Crippen molar-refractivity contribution in [3.63, 3.8) is 0 Å². The molecular weight excluding hydrogens is 544 g/mol. The lowest BCUT2D eigenvalue weighted by atomic mass is 9.98. The van der Waals surface area contributed by atoms with Crippen LogP contribution in [0.2, 0.25) is 0 Å². The number of anilines is 4. The molecule has 0 aromatic heterocycles. The Hall–Kier alpha value is -5.25. The molecule has 0 radical (unpaired) electrons. The predicted molar refractivity (Wildman–Crippen MR) is 160 cm³/mol. The Balaban J connectivity index is 1.59. The van der Waals surface area contributed by atoms with Crippen molar-refractivity contribution in [3.05, 3.63) is 47.5 Å². The highest BCUT2D eigenvalue weighted by molar-refractivity contribution is 5.96. The van der Waals surface area contributed by atoms with Gasteiger partial charge in [-0.3, -0.25) is 4.79 Å². The van der Waals surface area contributed by atoms with Crippen LogP contribution >= 0.6 is 0 Å². The van der Waals surface area contributed by atoms with Crippen LogP contribution < -0.4 is 37.3 Å². The molecule has 0 aliphatic carbocycles. The Bertz CT molecular complexity index is 1390. The van der Waals surface area contributed by atoms with Crippen molar-refractivity contribution in [1.82, 2.24) is 4.90 Å². The zero-order valence-corrected chi connectivity index (χ0v) is 23.6. The second-order valence-electron chi connectivity index (χ2n) is 9.32. The molecule has 1 fully saturated rings. The van der Waals surface area contributed by atoms with E-state index >= 15 is 0 Å². The molecule has 13 heteroatoms. The number of methoxy groups -OCH3 is 2. The van der Waals surface area contributed by atoms with Gasteiger partial charge in [-0.2, -0.15) is 0 Å². The average Bonchev–Trinajstić information content (AvgIpc) is 2.97. The van der Waals surface area contributed by atoms with Crippen molar-refractivity contribution in [3.8, 4) is 23.3 Å². The number of carbonyl (C=O) groups excluding carboxylic acids is 2. The Morgan fingerprint density at radius 3 is 2.10 bits per heavy atom. The molecule has 3 rings (SSSR count). The predicted octanol–water partition coefficient (Wildman–Crippen LogP) is 2.60. The summed E-state index contributed by atoms with van der Waals surface area (Å²) in [6.07, 6.45) is 4.12. The summed E-state index contributed by atoms with van der Waals surface area (Å²) in [4.78, 5) is 36.0. The fraction of sp³-hybridized carbons (Fsp3) is 0.345. The first-order chi connectivity index (χ1) is 20.1. The first-order valence-corrected chi connectivity index (χ1v) is 13.2. The van der Waals surface area contributed by atoms with Crippen molar-refractivity contribution in [2.45, 2.75) is 12.8 Å². The van der Waals surface area contributed by atoms with Gasteiger partial charge in [-0.15, -0.1) is 0 Å². The number of nitrogen functional groups attached to an aromatic ring is 2. The molecule has 1 aliphatic rings. The molecular formula is C29H36N6O7. The third-order valence-corrected chi connectivity index (χ3v) is 6.52. The molecule has 0 bridgehead atoms. The van der Waals surface area contributed by atoms with E-state index in [1.807, 2.05) is 12.2 Å². The molecule has 2 amide bonds. The van der Waals surface area contributed by atoms with Crippen molar-refractivity contribution < 1.29 is 33.7 Å². The number of esters is 1. The fourth-order valence-corrected chi connectivity index (χ4v) is 4.31. The largest absolute Gasteiger partial charge is 0.494 e. The number of hydrogen-bond donors (Lipinski definition) is 6. The molecule has 0 spiro atoms. The number of nitrogens with one attached hydrogen (secondary N) is 2. The molecule has 1 heterocycles. The topological polar surface area (TPSA) is 204 Å². The van der Waals surface area contributed by atoms with Gasteiger partial charge in [0.1, 0.15) is 29.5 Å². The molecule has 1 saturated heterocycles. The molecule has 0 unspecified atom stereocenters. The van der Waals surface area contributed by atoms with Crippen LogP contribution in [0.3, 0.4) is 0 Å². The summed E-state index contributed by atoms with van der Waals surface area (Å²) in [5.41, 5.74) is 19.9. The molecule has 9 N–H and O–H groups in total. The van der Waals surface area contributed by atoms with Gasteiger partial charge in [0.15, 0.2) is 0 Å². The van der Waals surface area contributed by atoms with E-state index in [4.69, 9.17) is 36.5 Å². The van der Waals surface area contributed by atoms with Crippen molar-refractivity contribution in [1.29, 1.82) is 0 Å². The molecule has 2 aromatic carbocycles. The number of ether oxygens (including phenoxy) is 3. The number of nitrogens with zero attached hydrogens (tertiary/aromatic N) is 1. The quantitative estimate of drug-likeness (QED) is 0.0986. The van der Waals surface area contributed by atoms with Gasteiger partial charge in [-0.05, 0) is 37.1 Å². The first-order valence-electron chi connectivity index (χ1n) is 13.2. The van der Waals surface area contributed by atoms with Crippen molar-refractivity contribution >= 4 is 40.7 Å². The van der Waals surface area contributed by atoms with Crippen LogP contribution in [0.25, 0.3) is 0 Å². The van der Waals surface area contributed by atoms with Crippen LogP contribution in [-0.4, -0.2) is 75.0 Å². The van der Waals surface area contributed by atoms with Crippen molar-refractivity contribution in [2.24, 2.45) is 11.7 Å². The van der Waals surface area contributed by atoms with E-state index in [1.165, 1.54) is 37.3 Å². The van der Waals surface area contributed by atoms with Crippen LogP contribution in [0, 0.1) is 17.8 Å². The van der Waals surface area contributed by atoms with Gasteiger partial charge >= 0.3 is 12.1 Å². The van der Waals surface area contributed by atoms with E-state index < -0.39 is 18.0 Å². The first kappa shape index (κ1) is 31.3. The number of carboxylic acid groups (broad SMARTS) is 1. The van der Waals surface area contributed by atoms with E-state index in [2.05, 4.69) is 22.5 Å². The summed E-state index contributed by atoms with van der Waals surface area (Å²) in [5.74, 6) is 5.76. The minimum absolute atomic E-state index is 0.0489. The number of likely N-dealkylation sites (tertiary alicyclic amines) is 1. The minimum Gasteiger partial charge on any atom is -0.494 e. The van der Waals surface area contributed by atoms with E-state index in [0.717, 1.165) is 0 Å². The highest BCUT2D eigenvalue weighted by atomic mass is 16.5. The highest BCUT2D eigenvalue weighted by Crippen LogP contribution is 2.33. The summed E-state index contributed by atoms with van der Waals surface area (Å²) in [5, 5.41) is 15.4. The van der Waals surface area contributed by atoms with E-state index in [-0.39, 0.29) is 29.3 Å². The molecule has 0 saturated carbocycles. The molecule has 0 atom stereocenters. The number of nitrogens with two attached hydrogens (primary N) is 3. The maximum absolute atomic E-state index is 11.8. The monoisotopic (exact) mass is 580 g/mol. The van der Waals surface area contributed by atoms with Gasteiger partial charge in [0, 0.05) is 37.7 Å². The number of primary amides is 1. The SMILES string of the molecule is COC(=O)c1cc(N)c(NCC=CCNc2c(N)cc(C(N)=O)cc2OCC#CC2CCN(C(=O)O)CC2)c(OC)c1. The van der Waals surface area contributed by atoms with Crippen LogP contribution in [0.4, 0.5) is 27.5 Å². The zero-order valence-electron chi connectivity index (χ0n) is 23.6. The van der Waals surface area contributed by atoms with Gasteiger partial charge < -0.3 is 52.1 Å². The van der Waals surface area contributed by atoms with Gasteiger partial charge in [-0.25, -0.2) is 9.59 Å². The number of rotatable bonds is 11. The van der Waals surface area contributed by atoms with Gasteiger partial charge in [0.2, 0.25) is 5.91 Å². The smallest absolute Gasteiger partial charge is 0.407 e. The van der Waals surface area contributed by atoms with Crippen LogP contribution in [0.5, 0.6) is 11.5 Å². The van der Waals surface area contributed by atoms with Crippen LogP contribution in [0.15, 0.2) is 36.4 Å². The molecule has 1 aliphatic heterocycles. The number of benzene rings is 2. The van der Waals surface area contributed by atoms with Gasteiger partial charge in [-0.1, -0.05) is 24.0 Å². The normalized spacial score (nSPS) is 13.1. The maximum Gasteiger partial charge on any atom is 0.407 e. The fourth-order valence-electron chi connectivity index (χ4n) is 4.31. The summed E-state index contributed by atoms with van der Waals surface area (Å²) in [6.45, 7) is 1.73. The lowest BCUT2D eigenvalue weighted by Gasteiger charge is -2.27. The molecule has 42 heavy (non-hydrogen) atoms. The third kappa shape index (κ3) is 8.37. The van der Waals surface area contributed by atoms with E-state index in [9.17, 15) is 14.4 Å². The maximum atomic E-state index is 11.8. The third-order valence-electron chi connectivity index (χ3n) is 6.52. The number of piperidine rings is 1. The summed E-state index contributed by atoms with van der Waals surface area (Å²) in [7, 11) is 2.76. The Morgan fingerprint density at radius 1 is 0.976 bits per heavy atom. The number of amides is 2. The van der Waals surface area contributed by atoms with Crippen LogP contribution in [-0.2, 0) is 4.74 Å². The molecule has 224 valence electrons. The molecule has 2 aromatic rings. The molecule has 13 nitrogen and oxygen atoms in total. The minimum atomic E-state index is -0.917. The standard InChI is InChI=1S/C29H36N6O7/c1-40-23-17-20(28(37)41-2)15-22(31)25(23)33-9-3-4-10-34-26-21(30)14-19(27(32)36)16-24(26)42-13-5-6-18-7-11-35(12-8-18)29(38)39/h3-4,14-18,33-34H,7-13,30-31H2,1-2H3,(H2,32,36)(H,38,39). The summed E-state index contributed by atoms with van der Waals surface area (Å²) < 4.78 is 15.9. The van der Waals surface area contributed by atoms with Gasteiger partial charge in [0.25, 0.3) is 0 Å². The van der Waals surface area contributed by atoms with E-state index in [0.29, 0.717) is 67.6 Å². The Morgan fingerprint density at radius 2 is 1.55 bits per heavy atom. The zero-order chi connectivity index (χ0) is 30.6. The number of carbonyl (C=O) groups is 3. The van der Waals surface area contributed by atoms with E-state index in [1.54, 1.807) is 6.07 Å². The lowest BCUT2D eigenvalue weighted by molar-refractivity contribution is 0.0600. The summed E-state index contributed by atoms with van der Waals surface area (Å²) in [6, 6.07) is 6.03. The van der Waals surface area contributed by atoms with Crippen LogP contribution in [0.1, 0.15) is 33.6 Å². The average molecular weight is 581 g/mol. The summed E-state index contributed by atoms with van der Waals surface area (Å²) >= 11 is 0. The lowest BCUT2D eigenvalue weighted by Crippen LogP contribution is -2.37.